The maximum atomic E-state index is 12.1. The number of hydrogen-bond donors (Lipinski definition) is 1. The summed E-state index contributed by atoms with van der Waals surface area (Å²) in [6.45, 7) is 0.248. The molecule has 0 bridgehead atoms. The van der Waals surface area contributed by atoms with Crippen LogP contribution in [0.2, 0.25) is 10.0 Å². The van der Waals surface area contributed by atoms with Crippen molar-refractivity contribution in [2.75, 3.05) is 6.54 Å². The maximum Gasteiger partial charge on any atom is 0.242 e. The summed E-state index contributed by atoms with van der Waals surface area (Å²) >= 11 is 11.6. The monoisotopic (exact) mass is 330 g/mol. The highest BCUT2D eigenvalue weighted by Crippen LogP contribution is 2.24. The van der Waals surface area contributed by atoms with Crippen LogP contribution in [-0.2, 0) is 16.4 Å². The number of nitrogens with zero attached hydrogens (tertiary/aromatic N) is 1. The van der Waals surface area contributed by atoms with Crippen LogP contribution < -0.4 is 4.72 Å². The van der Waals surface area contributed by atoms with Crippen molar-refractivity contribution in [3.8, 4) is 0 Å². The molecule has 0 amide bonds. The van der Waals surface area contributed by atoms with Gasteiger partial charge < -0.3 is 0 Å². The summed E-state index contributed by atoms with van der Waals surface area (Å²) in [6, 6.07) is 9.77. The molecule has 2 rings (SSSR count). The van der Waals surface area contributed by atoms with Crippen LogP contribution in [-0.4, -0.2) is 19.9 Å². The lowest BCUT2D eigenvalue weighted by atomic mass is 10.3. The van der Waals surface area contributed by atoms with Gasteiger partial charge in [0.25, 0.3) is 0 Å². The molecular formula is C13H12Cl2N2O2S. The van der Waals surface area contributed by atoms with Crippen molar-refractivity contribution < 1.29 is 8.42 Å². The van der Waals surface area contributed by atoms with Crippen molar-refractivity contribution in [3.05, 3.63) is 58.3 Å². The van der Waals surface area contributed by atoms with Gasteiger partial charge in [0, 0.05) is 29.9 Å². The van der Waals surface area contributed by atoms with Gasteiger partial charge in [-0.15, -0.1) is 0 Å². The maximum absolute atomic E-state index is 12.1. The second-order valence-electron chi connectivity index (χ2n) is 4.04. The first-order chi connectivity index (χ1) is 9.49. The summed E-state index contributed by atoms with van der Waals surface area (Å²) in [5.41, 5.74) is 0.817. The molecule has 7 heteroatoms. The molecule has 1 N–H and O–H groups in total. The molecule has 0 radical (unpaired) electrons. The van der Waals surface area contributed by atoms with Gasteiger partial charge in [-0.05, 0) is 30.3 Å². The number of pyridine rings is 1. The zero-order chi connectivity index (χ0) is 14.6. The Morgan fingerprint density at radius 1 is 1.15 bits per heavy atom. The highest BCUT2D eigenvalue weighted by atomic mass is 35.5. The van der Waals surface area contributed by atoms with Gasteiger partial charge in [0.1, 0.15) is 4.90 Å². The van der Waals surface area contributed by atoms with E-state index in [9.17, 15) is 8.42 Å². The molecule has 1 aromatic carbocycles. The van der Waals surface area contributed by atoms with E-state index in [1.54, 1.807) is 12.3 Å². The number of sulfonamides is 1. The second-order valence-corrected chi connectivity index (χ2v) is 6.62. The van der Waals surface area contributed by atoms with Crippen LogP contribution in [0, 0.1) is 0 Å². The van der Waals surface area contributed by atoms with E-state index in [0.717, 1.165) is 5.69 Å². The van der Waals surface area contributed by atoms with Crippen LogP contribution in [0.1, 0.15) is 5.69 Å². The van der Waals surface area contributed by atoms with Gasteiger partial charge in [0.2, 0.25) is 10.0 Å². The summed E-state index contributed by atoms with van der Waals surface area (Å²) in [5.74, 6) is 0. The third-order valence-corrected chi connectivity index (χ3v) is 4.76. The molecule has 1 heterocycles. The Labute approximate surface area is 127 Å². The Kier molecular flexibility index (Phi) is 4.99. The Hall–Kier alpha value is -1.14. The summed E-state index contributed by atoms with van der Waals surface area (Å²) in [7, 11) is -3.65. The van der Waals surface area contributed by atoms with Crippen LogP contribution >= 0.6 is 23.2 Å². The van der Waals surface area contributed by atoms with Gasteiger partial charge in [0.15, 0.2) is 0 Å². The topological polar surface area (TPSA) is 59.1 Å². The summed E-state index contributed by atoms with van der Waals surface area (Å²) in [4.78, 5) is 4.14. The number of nitrogens with one attached hydrogen (secondary N) is 1. The normalized spacial score (nSPS) is 11.5. The van der Waals surface area contributed by atoms with E-state index in [2.05, 4.69) is 9.71 Å². The quantitative estimate of drug-likeness (QED) is 0.916. The standard InChI is InChI=1S/C13H12Cl2N2O2S/c14-10-4-5-13(12(15)9-10)20(18,19)17-8-6-11-3-1-2-7-16-11/h1-5,7,9,17H,6,8H2. The molecule has 1 aromatic heterocycles. The second kappa shape index (κ2) is 6.54. The minimum absolute atomic E-state index is 0.0181. The van der Waals surface area contributed by atoms with Crippen molar-refractivity contribution >= 4 is 33.2 Å². The van der Waals surface area contributed by atoms with E-state index in [1.165, 1.54) is 18.2 Å². The highest BCUT2D eigenvalue weighted by molar-refractivity contribution is 7.89. The molecule has 0 saturated heterocycles. The average Bonchev–Trinajstić information content (AvgIpc) is 2.39. The van der Waals surface area contributed by atoms with Gasteiger partial charge in [-0.1, -0.05) is 29.3 Å². The van der Waals surface area contributed by atoms with E-state index >= 15 is 0 Å². The van der Waals surface area contributed by atoms with E-state index < -0.39 is 10.0 Å². The predicted octanol–water partition coefficient (Wildman–Crippen LogP) is 2.91. The van der Waals surface area contributed by atoms with Crippen LogP contribution in [0.5, 0.6) is 0 Å². The number of benzene rings is 1. The fourth-order valence-corrected chi connectivity index (χ4v) is 3.43. The molecule has 0 aliphatic heterocycles. The van der Waals surface area contributed by atoms with Crippen molar-refractivity contribution in [2.45, 2.75) is 11.3 Å². The fourth-order valence-electron chi connectivity index (χ4n) is 1.63. The van der Waals surface area contributed by atoms with Crippen molar-refractivity contribution in [3.63, 3.8) is 0 Å². The number of hydrogen-bond acceptors (Lipinski definition) is 3. The van der Waals surface area contributed by atoms with E-state index in [1.807, 2.05) is 12.1 Å². The smallest absolute Gasteiger partial charge is 0.242 e. The van der Waals surface area contributed by atoms with Gasteiger partial charge >= 0.3 is 0 Å². The van der Waals surface area contributed by atoms with E-state index in [4.69, 9.17) is 23.2 Å². The Balaban J connectivity index is 2.04. The molecule has 0 aliphatic carbocycles. The van der Waals surface area contributed by atoms with Crippen molar-refractivity contribution in [2.24, 2.45) is 0 Å². The molecule has 0 atom stereocenters. The number of halogens is 2. The third kappa shape index (κ3) is 3.93. The van der Waals surface area contributed by atoms with E-state index in [-0.39, 0.29) is 16.5 Å². The largest absolute Gasteiger partial charge is 0.261 e. The first kappa shape index (κ1) is 15.3. The Morgan fingerprint density at radius 2 is 1.95 bits per heavy atom. The van der Waals surface area contributed by atoms with Gasteiger partial charge in [-0.25, -0.2) is 13.1 Å². The molecule has 0 spiro atoms. The van der Waals surface area contributed by atoms with Gasteiger partial charge in [-0.2, -0.15) is 0 Å². The lowest BCUT2D eigenvalue weighted by molar-refractivity contribution is 0.581. The fraction of sp³-hybridized carbons (Fsp3) is 0.154. The SMILES string of the molecule is O=S(=O)(NCCc1ccccn1)c1ccc(Cl)cc1Cl. The minimum Gasteiger partial charge on any atom is -0.261 e. The molecule has 20 heavy (non-hydrogen) atoms. The number of rotatable bonds is 5. The van der Waals surface area contributed by atoms with Gasteiger partial charge in [-0.3, -0.25) is 4.98 Å². The van der Waals surface area contributed by atoms with Crippen LogP contribution in [0.15, 0.2) is 47.5 Å². The van der Waals surface area contributed by atoms with Crippen molar-refractivity contribution in [1.29, 1.82) is 0 Å². The molecule has 0 saturated carbocycles. The van der Waals surface area contributed by atoms with E-state index in [0.29, 0.717) is 11.4 Å². The first-order valence-electron chi connectivity index (χ1n) is 5.84. The highest BCUT2D eigenvalue weighted by Gasteiger charge is 2.17. The average molecular weight is 331 g/mol. The lowest BCUT2D eigenvalue weighted by Gasteiger charge is -2.08. The summed E-state index contributed by atoms with van der Waals surface area (Å²) in [5, 5.41) is 0.491. The summed E-state index contributed by atoms with van der Waals surface area (Å²) in [6.07, 6.45) is 2.17. The van der Waals surface area contributed by atoms with Crippen LogP contribution in [0.3, 0.4) is 0 Å². The van der Waals surface area contributed by atoms with Gasteiger partial charge in [0.05, 0.1) is 5.02 Å². The van der Waals surface area contributed by atoms with Crippen LogP contribution in [0.25, 0.3) is 0 Å². The van der Waals surface area contributed by atoms with Crippen molar-refractivity contribution in [1.82, 2.24) is 9.71 Å². The third-order valence-electron chi connectivity index (χ3n) is 2.58. The zero-order valence-electron chi connectivity index (χ0n) is 10.4. The molecule has 0 unspecified atom stereocenters. The molecule has 0 aliphatic rings. The molecule has 0 fully saturated rings. The predicted molar refractivity (Wildman–Crippen MR) is 79.6 cm³/mol. The van der Waals surface area contributed by atoms with Crippen LogP contribution in [0.4, 0.5) is 0 Å². The lowest BCUT2D eigenvalue weighted by Crippen LogP contribution is -2.26. The number of aromatic nitrogens is 1. The Morgan fingerprint density at radius 3 is 2.60 bits per heavy atom. The molecule has 106 valence electrons. The minimum atomic E-state index is -3.65. The Bertz CT molecular complexity index is 691. The summed E-state index contributed by atoms with van der Waals surface area (Å²) < 4.78 is 26.7. The molecule has 2 aromatic rings. The molecular weight excluding hydrogens is 319 g/mol. The first-order valence-corrected chi connectivity index (χ1v) is 8.07. The molecule has 4 nitrogen and oxygen atoms in total. The zero-order valence-corrected chi connectivity index (χ0v) is 12.7.